The summed E-state index contributed by atoms with van der Waals surface area (Å²) in [5.74, 6) is 0.457. The number of carbonyl (C=O) groups is 1. The molecule has 1 aliphatic heterocycles. The van der Waals surface area contributed by atoms with Crippen LogP contribution in [0.15, 0.2) is 60.8 Å². The third-order valence-corrected chi connectivity index (χ3v) is 5.61. The molecule has 4 rings (SSSR count). The monoisotopic (exact) mass is 478 g/mol. The fourth-order valence-corrected chi connectivity index (χ4v) is 3.72. The first-order valence-electron chi connectivity index (χ1n) is 10.4. The Kier molecular flexibility index (Phi) is 6.90. The maximum absolute atomic E-state index is 12.9. The number of aromatic nitrogens is 2. The van der Waals surface area contributed by atoms with Crippen LogP contribution >= 0.6 is 11.6 Å². The highest BCUT2D eigenvalue weighted by Gasteiger charge is 2.30. The Morgan fingerprint density at radius 2 is 1.76 bits per heavy atom. The van der Waals surface area contributed by atoms with E-state index in [0.29, 0.717) is 54.8 Å². The zero-order valence-corrected chi connectivity index (χ0v) is 18.4. The number of hydrogen-bond acceptors (Lipinski definition) is 4. The van der Waals surface area contributed by atoms with Crippen molar-refractivity contribution >= 4 is 17.5 Å². The number of hydrogen-bond donors (Lipinski definition) is 0. The Bertz CT molecular complexity index is 1090. The van der Waals surface area contributed by atoms with Gasteiger partial charge in [0.1, 0.15) is 5.75 Å². The van der Waals surface area contributed by atoms with Gasteiger partial charge >= 0.3 is 6.18 Å². The maximum atomic E-state index is 12.9. The van der Waals surface area contributed by atoms with E-state index in [4.69, 9.17) is 16.3 Å². The summed E-state index contributed by atoms with van der Waals surface area (Å²) in [5.41, 5.74) is 0.273. The van der Waals surface area contributed by atoms with E-state index in [2.05, 4.69) is 5.10 Å². The van der Waals surface area contributed by atoms with Crippen LogP contribution in [0.2, 0.25) is 5.02 Å². The van der Waals surface area contributed by atoms with Gasteiger partial charge in [-0.1, -0.05) is 29.8 Å². The molecule has 1 aliphatic rings. The number of piperazine rings is 1. The molecule has 1 aromatic heterocycles. The minimum atomic E-state index is -4.36. The smallest absolute Gasteiger partial charge is 0.416 e. The summed E-state index contributed by atoms with van der Waals surface area (Å²) in [4.78, 5) is 16.5. The number of alkyl halides is 3. The second-order valence-electron chi connectivity index (χ2n) is 7.73. The summed E-state index contributed by atoms with van der Waals surface area (Å²) in [6, 6.07) is 13.9. The van der Waals surface area contributed by atoms with Crippen molar-refractivity contribution in [1.29, 1.82) is 0 Å². The first-order chi connectivity index (χ1) is 15.8. The zero-order chi connectivity index (χ0) is 23.4. The van der Waals surface area contributed by atoms with Crippen molar-refractivity contribution in [3.63, 3.8) is 0 Å². The minimum absolute atomic E-state index is 0.152. The van der Waals surface area contributed by atoms with E-state index >= 15 is 0 Å². The third-order valence-electron chi connectivity index (χ3n) is 5.36. The lowest BCUT2D eigenvalue weighted by Gasteiger charge is -2.34. The lowest BCUT2D eigenvalue weighted by Crippen LogP contribution is -2.48. The van der Waals surface area contributed by atoms with E-state index in [9.17, 15) is 18.0 Å². The van der Waals surface area contributed by atoms with E-state index in [1.165, 1.54) is 16.8 Å². The molecule has 1 amide bonds. The number of ether oxygens (including phenoxy) is 1. The van der Waals surface area contributed by atoms with E-state index in [1.54, 1.807) is 47.5 Å². The molecule has 3 aromatic rings. The summed E-state index contributed by atoms with van der Waals surface area (Å²) >= 11 is 5.85. The molecule has 0 N–H and O–H groups in total. The Balaban J connectivity index is 1.28. The standard InChI is InChI=1S/C23H22ClF3N4O2/c24-19-4-6-20(7-5-19)33-16-31-9-8-21(28-31)22(32)30-12-10-29(11-13-30)15-17-2-1-3-18(14-17)23(25,26)27/h1-9,14H,10-13,15-16H2. The quantitative estimate of drug-likeness (QED) is 0.521. The largest absolute Gasteiger partial charge is 0.471 e. The second kappa shape index (κ2) is 9.84. The SMILES string of the molecule is O=C(c1ccn(COc2ccc(Cl)cc2)n1)N1CCN(Cc2cccc(C(F)(F)F)c2)CC1. The first kappa shape index (κ1) is 23.1. The molecule has 0 radical (unpaired) electrons. The van der Waals surface area contributed by atoms with Gasteiger partial charge in [-0.25, -0.2) is 4.68 Å². The Morgan fingerprint density at radius 1 is 1.03 bits per heavy atom. The molecule has 0 atom stereocenters. The molecule has 10 heteroatoms. The Morgan fingerprint density at radius 3 is 2.45 bits per heavy atom. The van der Waals surface area contributed by atoms with Crippen LogP contribution in [0.25, 0.3) is 0 Å². The lowest BCUT2D eigenvalue weighted by atomic mass is 10.1. The van der Waals surface area contributed by atoms with Crippen LogP contribution in [0.4, 0.5) is 13.2 Å². The Hall–Kier alpha value is -3.04. The molecule has 0 aliphatic carbocycles. The van der Waals surface area contributed by atoms with Crippen LogP contribution in [0.1, 0.15) is 21.6 Å². The predicted octanol–water partition coefficient (Wildman–Crippen LogP) is 4.55. The summed E-state index contributed by atoms with van der Waals surface area (Å²) < 4.78 is 45.9. The van der Waals surface area contributed by atoms with Crippen molar-refractivity contribution in [3.8, 4) is 5.75 Å². The van der Waals surface area contributed by atoms with E-state index < -0.39 is 11.7 Å². The molecular weight excluding hydrogens is 457 g/mol. The number of rotatable bonds is 6. The number of nitrogens with zero attached hydrogens (tertiary/aromatic N) is 4. The van der Waals surface area contributed by atoms with Gasteiger partial charge in [0.25, 0.3) is 5.91 Å². The van der Waals surface area contributed by atoms with Gasteiger partial charge in [0, 0.05) is 43.9 Å². The van der Waals surface area contributed by atoms with Gasteiger partial charge in [0.2, 0.25) is 0 Å². The van der Waals surface area contributed by atoms with Gasteiger partial charge in [-0.2, -0.15) is 18.3 Å². The molecule has 1 fully saturated rings. The molecule has 2 heterocycles. The van der Waals surface area contributed by atoms with Gasteiger partial charge in [0.15, 0.2) is 12.4 Å². The molecule has 0 unspecified atom stereocenters. The van der Waals surface area contributed by atoms with Gasteiger partial charge < -0.3 is 9.64 Å². The van der Waals surface area contributed by atoms with Crippen LogP contribution < -0.4 is 4.74 Å². The maximum Gasteiger partial charge on any atom is 0.416 e. The first-order valence-corrected chi connectivity index (χ1v) is 10.8. The van der Waals surface area contributed by atoms with Gasteiger partial charge in [-0.3, -0.25) is 9.69 Å². The topological polar surface area (TPSA) is 50.6 Å². The highest BCUT2D eigenvalue weighted by Crippen LogP contribution is 2.29. The molecule has 1 saturated heterocycles. The molecular formula is C23H22ClF3N4O2. The van der Waals surface area contributed by atoms with Crippen molar-refractivity contribution < 1.29 is 22.7 Å². The van der Waals surface area contributed by atoms with Crippen LogP contribution in [0.5, 0.6) is 5.75 Å². The summed E-state index contributed by atoms with van der Waals surface area (Å²) in [6.07, 6.45) is -2.68. The summed E-state index contributed by atoms with van der Waals surface area (Å²) in [6.45, 7) is 2.66. The Labute approximate surface area is 194 Å². The number of amides is 1. The van der Waals surface area contributed by atoms with E-state index in [0.717, 1.165) is 6.07 Å². The van der Waals surface area contributed by atoms with Crippen molar-refractivity contribution in [2.24, 2.45) is 0 Å². The van der Waals surface area contributed by atoms with Crippen molar-refractivity contribution in [1.82, 2.24) is 19.6 Å². The average molecular weight is 479 g/mol. The molecule has 33 heavy (non-hydrogen) atoms. The highest BCUT2D eigenvalue weighted by molar-refractivity contribution is 6.30. The number of benzene rings is 2. The lowest BCUT2D eigenvalue weighted by molar-refractivity contribution is -0.137. The second-order valence-corrected chi connectivity index (χ2v) is 8.17. The predicted molar refractivity (Wildman–Crippen MR) is 117 cm³/mol. The molecule has 0 bridgehead atoms. The van der Waals surface area contributed by atoms with Crippen LogP contribution in [0.3, 0.4) is 0 Å². The molecule has 0 saturated carbocycles. The van der Waals surface area contributed by atoms with Crippen molar-refractivity contribution in [2.75, 3.05) is 26.2 Å². The van der Waals surface area contributed by atoms with Crippen molar-refractivity contribution in [3.05, 3.63) is 82.6 Å². The van der Waals surface area contributed by atoms with E-state index in [-0.39, 0.29) is 12.6 Å². The van der Waals surface area contributed by atoms with Crippen LogP contribution in [-0.2, 0) is 19.5 Å². The molecule has 0 spiro atoms. The van der Waals surface area contributed by atoms with Gasteiger partial charge in [0.05, 0.1) is 5.56 Å². The summed E-state index contributed by atoms with van der Waals surface area (Å²) in [5, 5.41) is 4.91. The van der Waals surface area contributed by atoms with E-state index in [1.807, 2.05) is 4.90 Å². The number of halogens is 4. The fraction of sp³-hybridized carbons (Fsp3) is 0.304. The average Bonchev–Trinajstić information content (AvgIpc) is 3.27. The summed E-state index contributed by atoms with van der Waals surface area (Å²) in [7, 11) is 0. The van der Waals surface area contributed by atoms with Crippen LogP contribution in [-0.4, -0.2) is 51.7 Å². The normalized spacial score (nSPS) is 15.0. The van der Waals surface area contributed by atoms with Crippen LogP contribution in [0, 0.1) is 0 Å². The minimum Gasteiger partial charge on any atom is -0.471 e. The molecule has 2 aromatic carbocycles. The highest BCUT2D eigenvalue weighted by atomic mass is 35.5. The van der Waals surface area contributed by atoms with Gasteiger partial charge in [-0.15, -0.1) is 0 Å². The third kappa shape index (κ3) is 6.06. The zero-order valence-electron chi connectivity index (χ0n) is 17.6. The fourth-order valence-electron chi connectivity index (χ4n) is 3.59. The molecule has 6 nitrogen and oxygen atoms in total. The van der Waals surface area contributed by atoms with Crippen molar-refractivity contribution in [2.45, 2.75) is 19.5 Å². The number of carbonyl (C=O) groups excluding carboxylic acids is 1. The van der Waals surface area contributed by atoms with Gasteiger partial charge in [-0.05, 0) is 42.0 Å². The molecule has 174 valence electrons.